The summed E-state index contributed by atoms with van der Waals surface area (Å²) in [5, 5.41) is 0. The minimum absolute atomic E-state index is 0.179. The Labute approximate surface area is 152 Å². The van der Waals surface area contributed by atoms with Gasteiger partial charge in [-0.1, -0.05) is 27.7 Å². The van der Waals surface area contributed by atoms with E-state index in [-0.39, 0.29) is 30.9 Å². The molecule has 0 aromatic carbocycles. The zero-order chi connectivity index (χ0) is 19.6. The van der Waals surface area contributed by atoms with E-state index in [2.05, 4.69) is 0 Å². The van der Waals surface area contributed by atoms with Gasteiger partial charge in [0.25, 0.3) is 0 Å². The highest BCUT2D eigenvalue weighted by Crippen LogP contribution is 2.50. The Morgan fingerprint density at radius 3 is 2.16 bits per heavy atom. The largest absolute Gasteiger partial charge is 0.465 e. The number of rotatable bonds is 7. The van der Waals surface area contributed by atoms with Crippen molar-refractivity contribution < 1.29 is 19.1 Å². The molecule has 25 heavy (non-hydrogen) atoms. The monoisotopic (exact) mass is 356 g/mol. The molecule has 146 valence electrons. The van der Waals surface area contributed by atoms with Crippen LogP contribution in [0.4, 0.5) is 0 Å². The number of carbonyl (C=O) groups excluding carboxylic acids is 2. The van der Waals surface area contributed by atoms with Crippen molar-refractivity contribution >= 4 is 11.9 Å². The molecule has 4 N–H and O–H groups in total. The van der Waals surface area contributed by atoms with Crippen molar-refractivity contribution in [3.63, 3.8) is 0 Å². The lowest BCUT2D eigenvalue weighted by Gasteiger charge is -2.49. The van der Waals surface area contributed by atoms with Crippen molar-refractivity contribution in [3.8, 4) is 0 Å². The number of hydrogen-bond donors (Lipinski definition) is 2. The minimum atomic E-state index is -1.53. The van der Waals surface area contributed by atoms with Crippen LogP contribution >= 0.6 is 0 Å². The molecule has 1 rings (SSSR count). The van der Waals surface area contributed by atoms with Crippen LogP contribution in [-0.2, 0) is 19.1 Å². The molecule has 6 heteroatoms. The highest BCUT2D eigenvalue weighted by molar-refractivity contribution is 5.93. The molecule has 0 aliphatic carbocycles. The van der Waals surface area contributed by atoms with Crippen molar-refractivity contribution in [1.82, 2.24) is 0 Å². The first-order chi connectivity index (χ1) is 11.3. The van der Waals surface area contributed by atoms with Gasteiger partial charge in [0, 0.05) is 12.3 Å². The fraction of sp³-hybridized carbons (Fsp3) is 0.895. The Morgan fingerprint density at radius 2 is 1.84 bits per heavy atom. The number of esters is 2. The third kappa shape index (κ3) is 4.00. The SMILES string of the molecule is CC(C)CC(CN)C(N)(C(=O)OC(C)(C)C)C1(C(C)C)CCOC1=O. The summed E-state index contributed by atoms with van der Waals surface area (Å²) in [6.45, 7) is 13.7. The van der Waals surface area contributed by atoms with Crippen LogP contribution in [0.1, 0.15) is 61.3 Å². The van der Waals surface area contributed by atoms with E-state index in [4.69, 9.17) is 20.9 Å². The minimum Gasteiger partial charge on any atom is -0.465 e. The van der Waals surface area contributed by atoms with Crippen LogP contribution in [0.15, 0.2) is 0 Å². The van der Waals surface area contributed by atoms with Crippen LogP contribution in [-0.4, -0.2) is 36.2 Å². The number of carbonyl (C=O) groups is 2. The first-order valence-electron chi connectivity index (χ1n) is 9.22. The van der Waals surface area contributed by atoms with E-state index in [1.165, 1.54) is 0 Å². The molecule has 6 nitrogen and oxygen atoms in total. The molecule has 1 aliphatic rings. The van der Waals surface area contributed by atoms with Gasteiger partial charge in [0.2, 0.25) is 0 Å². The van der Waals surface area contributed by atoms with Gasteiger partial charge in [-0.05, 0) is 45.6 Å². The second-order valence-corrected chi connectivity index (χ2v) is 8.95. The van der Waals surface area contributed by atoms with Gasteiger partial charge < -0.3 is 20.9 Å². The van der Waals surface area contributed by atoms with Crippen molar-refractivity contribution in [2.75, 3.05) is 13.2 Å². The van der Waals surface area contributed by atoms with Gasteiger partial charge in [0.05, 0.1) is 6.61 Å². The lowest BCUT2D eigenvalue weighted by Crippen LogP contribution is -2.71. The zero-order valence-electron chi connectivity index (χ0n) is 16.8. The van der Waals surface area contributed by atoms with Crippen LogP contribution in [0.2, 0.25) is 0 Å². The van der Waals surface area contributed by atoms with Crippen molar-refractivity contribution in [3.05, 3.63) is 0 Å². The van der Waals surface area contributed by atoms with Crippen LogP contribution in [0, 0.1) is 23.2 Å². The topological polar surface area (TPSA) is 105 Å². The zero-order valence-corrected chi connectivity index (χ0v) is 16.8. The van der Waals surface area contributed by atoms with E-state index in [0.717, 1.165) is 0 Å². The summed E-state index contributed by atoms with van der Waals surface area (Å²) in [4.78, 5) is 26.1. The summed E-state index contributed by atoms with van der Waals surface area (Å²) in [5.74, 6) is -1.26. The maximum Gasteiger partial charge on any atom is 0.328 e. The Balaban J connectivity index is 3.55. The summed E-state index contributed by atoms with van der Waals surface area (Å²) in [7, 11) is 0. The van der Waals surface area contributed by atoms with Gasteiger partial charge in [0.15, 0.2) is 0 Å². The van der Waals surface area contributed by atoms with Gasteiger partial charge in [-0.3, -0.25) is 4.79 Å². The van der Waals surface area contributed by atoms with E-state index in [1.54, 1.807) is 20.8 Å². The van der Waals surface area contributed by atoms with E-state index >= 15 is 0 Å². The van der Waals surface area contributed by atoms with E-state index in [9.17, 15) is 9.59 Å². The molecule has 1 saturated heterocycles. The maximum absolute atomic E-state index is 13.3. The predicted molar refractivity (Wildman–Crippen MR) is 97.6 cm³/mol. The highest BCUT2D eigenvalue weighted by Gasteiger charge is 2.67. The molecule has 0 radical (unpaired) electrons. The second kappa shape index (κ2) is 7.62. The smallest absolute Gasteiger partial charge is 0.328 e. The van der Waals surface area contributed by atoms with Crippen molar-refractivity contribution in [2.45, 2.75) is 72.4 Å². The van der Waals surface area contributed by atoms with Crippen LogP contribution in [0.25, 0.3) is 0 Å². The van der Waals surface area contributed by atoms with Crippen LogP contribution in [0.3, 0.4) is 0 Å². The van der Waals surface area contributed by atoms with E-state index in [1.807, 2.05) is 27.7 Å². The molecule has 3 atom stereocenters. The lowest BCUT2D eigenvalue weighted by atomic mass is 9.56. The first-order valence-corrected chi connectivity index (χ1v) is 9.22. The number of cyclic esters (lactones) is 1. The third-order valence-electron chi connectivity index (χ3n) is 5.24. The number of ether oxygens (including phenoxy) is 2. The highest BCUT2D eigenvalue weighted by atomic mass is 16.6. The molecule has 1 heterocycles. The van der Waals surface area contributed by atoms with Crippen molar-refractivity contribution in [1.29, 1.82) is 0 Å². The number of hydrogen-bond acceptors (Lipinski definition) is 6. The molecule has 1 fully saturated rings. The standard InChI is InChI=1S/C19H36N2O4/c1-12(2)10-14(11-20)19(21,16(23)25-17(5,6)7)18(13(3)4)8-9-24-15(18)22/h12-14H,8-11,20-21H2,1-7H3. The Morgan fingerprint density at radius 1 is 1.28 bits per heavy atom. The average Bonchev–Trinajstić information content (AvgIpc) is 2.84. The fourth-order valence-corrected chi connectivity index (χ4v) is 4.03. The molecular weight excluding hydrogens is 320 g/mol. The summed E-state index contributed by atoms with van der Waals surface area (Å²) >= 11 is 0. The quantitative estimate of drug-likeness (QED) is 0.678. The van der Waals surface area contributed by atoms with Gasteiger partial charge in [-0.2, -0.15) is 0 Å². The molecule has 0 amide bonds. The molecule has 0 bridgehead atoms. The molecule has 0 aromatic rings. The summed E-state index contributed by atoms with van der Waals surface area (Å²) < 4.78 is 11.0. The summed E-state index contributed by atoms with van der Waals surface area (Å²) in [6.07, 6.45) is 1.03. The second-order valence-electron chi connectivity index (χ2n) is 8.95. The van der Waals surface area contributed by atoms with Crippen LogP contribution < -0.4 is 11.5 Å². The molecule has 0 aromatic heterocycles. The Hall–Kier alpha value is -1.14. The van der Waals surface area contributed by atoms with E-state index < -0.39 is 28.5 Å². The lowest BCUT2D eigenvalue weighted by molar-refractivity contribution is -0.180. The van der Waals surface area contributed by atoms with Gasteiger partial charge in [-0.15, -0.1) is 0 Å². The van der Waals surface area contributed by atoms with Gasteiger partial charge in [-0.25, -0.2) is 4.79 Å². The van der Waals surface area contributed by atoms with Crippen molar-refractivity contribution in [2.24, 2.45) is 34.6 Å². The first kappa shape index (κ1) is 21.9. The summed E-state index contributed by atoms with van der Waals surface area (Å²) in [6, 6.07) is 0. The van der Waals surface area contributed by atoms with Gasteiger partial charge in [0.1, 0.15) is 16.6 Å². The van der Waals surface area contributed by atoms with Crippen LogP contribution in [0.5, 0.6) is 0 Å². The summed E-state index contributed by atoms with van der Waals surface area (Å²) in [5.41, 5.74) is 9.50. The Kier molecular flexibility index (Phi) is 6.68. The third-order valence-corrected chi connectivity index (χ3v) is 5.24. The molecule has 1 aliphatic heterocycles. The fourth-order valence-electron chi connectivity index (χ4n) is 4.03. The predicted octanol–water partition coefficient (Wildman–Crippen LogP) is 2.24. The molecular formula is C19H36N2O4. The van der Waals surface area contributed by atoms with E-state index in [0.29, 0.717) is 12.8 Å². The molecule has 3 unspecified atom stereocenters. The van der Waals surface area contributed by atoms with Gasteiger partial charge >= 0.3 is 11.9 Å². The average molecular weight is 357 g/mol. The Bertz CT molecular complexity index is 498. The normalized spacial score (nSPS) is 25.0. The molecule has 0 saturated carbocycles. The molecule has 0 spiro atoms. The maximum atomic E-state index is 13.3. The number of nitrogens with two attached hydrogens (primary N) is 2.